The van der Waals surface area contributed by atoms with E-state index < -0.39 is 5.54 Å². The molecule has 2 N–H and O–H groups in total. The lowest BCUT2D eigenvalue weighted by Crippen LogP contribution is -2.56. The van der Waals surface area contributed by atoms with Gasteiger partial charge in [-0.05, 0) is 39.7 Å². The molecule has 0 aromatic carbocycles. The molecule has 0 aromatic heterocycles. The average molecular weight is 272 g/mol. The van der Waals surface area contributed by atoms with Gasteiger partial charge in [0, 0.05) is 19.7 Å². The summed E-state index contributed by atoms with van der Waals surface area (Å²) in [5.41, 5.74) is 5.12. The molecule has 0 spiro atoms. The Morgan fingerprint density at radius 2 is 2.21 bits per heavy atom. The highest BCUT2D eigenvalue weighted by molar-refractivity contribution is 5.80. The molecule has 2 unspecified atom stereocenters. The third-order valence-corrected chi connectivity index (χ3v) is 3.31. The number of hydrogen-bond donors (Lipinski definition) is 1. The summed E-state index contributed by atoms with van der Waals surface area (Å²) in [6.07, 6.45) is 3.49. The first-order chi connectivity index (χ1) is 8.99. The van der Waals surface area contributed by atoms with Crippen LogP contribution in [0.3, 0.4) is 0 Å². The molecule has 5 heteroatoms. The summed E-state index contributed by atoms with van der Waals surface area (Å²) in [5, 5.41) is 0. The number of ether oxygens (including phenoxy) is 2. The number of rotatable bonds is 7. The van der Waals surface area contributed by atoms with E-state index >= 15 is 0 Å². The fourth-order valence-corrected chi connectivity index (χ4v) is 2.40. The zero-order valence-electron chi connectivity index (χ0n) is 12.5. The van der Waals surface area contributed by atoms with Crippen LogP contribution in [0, 0.1) is 0 Å². The standard InChI is InChI=1S/C14H28N2O3/c1-4-9-19-12-7-6-8-16(10-12)11-14(3,15)13(17)18-5-2/h12H,4-11,15H2,1-3H3. The van der Waals surface area contributed by atoms with Gasteiger partial charge in [0.2, 0.25) is 0 Å². The molecule has 0 amide bonds. The molecule has 0 saturated carbocycles. The molecule has 1 fully saturated rings. The summed E-state index contributed by atoms with van der Waals surface area (Å²) in [7, 11) is 0. The molecule has 1 aliphatic heterocycles. The normalized spacial score (nSPS) is 23.9. The summed E-state index contributed by atoms with van der Waals surface area (Å²) in [5.74, 6) is -0.327. The van der Waals surface area contributed by atoms with E-state index in [1.54, 1.807) is 13.8 Å². The third-order valence-electron chi connectivity index (χ3n) is 3.31. The Kier molecular flexibility index (Phi) is 6.75. The number of piperidine rings is 1. The summed E-state index contributed by atoms with van der Waals surface area (Å²) in [6.45, 7) is 9.16. The molecule has 5 nitrogen and oxygen atoms in total. The molecular weight excluding hydrogens is 244 g/mol. The van der Waals surface area contributed by atoms with Crippen LogP contribution in [-0.4, -0.2) is 55.4 Å². The van der Waals surface area contributed by atoms with Crippen LogP contribution in [-0.2, 0) is 14.3 Å². The van der Waals surface area contributed by atoms with Crippen molar-refractivity contribution < 1.29 is 14.3 Å². The van der Waals surface area contributed by atoms with Gasteiger partial charge in [0.15, 0.2) is 0 Å². The summed E-state index contributed by atoms with van der Waals surface area (Å²) < 4.78 is 10.8. The zero-order chi connectivity index (χ0) is 14.3. The molecule has 0 aliphatic carbocycles. The predicted molar refractivity (Wildman–Crippen MR) is 74.9 cm³/mol. The van der Waals surface area contributed by atoms with Gasteiger partial charge >= 0.3 is 5.97 Å². The van der Waals surface area contributed by atoms with E-state index in [9.17, 15) is 4.79 Å². The van der Waals surface area contributed by atoms with E-state index in [0.717, 1.165) is 39.0 Å². The number of carbonyl (C=O) groups is 1. The van der Waals surface area contributed by atoms with Gasteiger partial charge in [0.1, 0.15) is 5.54 Å². The number of esters is 1. The van der Waals surface area contributed by atoms with Crippen LogP contribution in [0.15, 0.2) is 0 Å². The molecule has 19 heavy (non-hydrogen) atoms. The topological polar surface area (TPSA) is 64.8 Å². The summed E-state index contributed by atoms with van der Waals surface area (Å²) in [6, 6.07) is 0. The first kappa shape index (κ1) is 16.4. The van der Waals surface area contributed by atoms with Gasteiger partial charge in [-0.15, -0.1) is 0 Å². The average Bonchev–Trinajstić information content (AvgIpc) is 2.36. The molecular formula is C14H28N2O3. The van der Waals surface area contributed by atoms with Crippen molar-refractivity contribution in [1.82, 2.24) is 4.90 Å². The van der Waals surface area contributed by atoms with Crippen molar-refractivity contribution >= 4 is 5.97 Å². The lowest BCUT2D eigenvalue weighted by atomic mass is 10.0. The Morgan fingerprint density at radius 3 is 2.84 bits per heavy atom. The number of carbonyl (C=O) groups excluding carboxylic acids is 1. The Labute approximate surface area is 116 Å². The van der Waals surface area contributed by atoms with Gasteiger partial charge in [-0.2, -0.15) is 0 Å². The van der Waals surface area contributed by atoms with Crippen LogP contribution in [0.4, 0.5) is 0 Å². The van der Waals surface area contributed by atoms with Crippen molar-refractivity contribution in [1.29, 1.82) is 0 Å². The Balaban J connectivity index is 2.44. The second kappa shape index (κ2) is 7.82. The van der Waals surface area contributed by atoms with Crippen molar-refractivity contribution in [2.45, 2.75) is 51.7 Å². The van der Waals surface area contributed by atoms with Crippen LogP contribution in [0.5, 0.6) is 0 Å². The quantitative estimate of drug-likeness (QED) is 0.705. The van der Waals surface area contributed by atoms with Crippen molar-refractivity contribution in [3.63, 3.8) is 0 Å². The summed E-state index contributed by atoms with van der Waals surface area (Å²) in [4.78, 5) is 14.0. The first-order valence-corrected chi connectivity index (χ1v) is 7.29. The third kappa shape index (κ3) is 5.47. The second-order valence-corrected chi connectivity index (χ2v) is 5.51. The molecule has 2 atom stereocenters. The number of nitrogens with zero attached hydrogens (tertiary/aromatic N) is 1. The smallest absolute Gasteiger partial charge is 0.327 e. The number of likely N-dealkylation sites (tertiary alicyclic amines) is 1. The molecule has 0 bridgehead atoms. The van der Waals surface area contributed by atoms with Gasteiger partial charge in [-0.25, -0.2) is 0 Å². The van der Waals surface area contributed by atoms with Crippen LogP contribution >= 0.6 is 0 Å². The monoisotopic (exact) mass is 272 g/mol. The van der Waals surface area contributed by atoms with Crippen molar-refractivity contribution in [3.05, 3.63) is 0 Å². The van der Waals surface area contributed by atoms with Crippen molar-refractivity contribution in [2.24, 2.45) is 5.73 Å². The van der Waals surface area contributed by atoms with E-state index in [-0.39, 0.29) is 12.1 Å². The minimum absolute atomic E-state index is 0.270. The molecule has 1 rings (SSSR count). The number of hydrogen-bond acceptors (Lipinski definition) is 5. The van der Waals surface area contributed by atoms with E-state index in [1.807, 2.05) is 0 Å². The van der Waals surface area contributed by atoms with Gasteiger partial charge in [0.05, 0.1) is 12.7 Å². The minimum atomic E-state index is -0.942. The van der Waals surface area contributed by atoms with E-state index in [1.165, 1.54) is 0 Å². The molecule has 1 saturated heterocycles. The van der Waals surface area contributed by atoms with Gasteiger partial charge in [-0.1, -0.05) is 6.92 Å². The second-order valence-electron chi connectivity index (χ2n) is 5.51. The lowest BCUT2D eigenvalue weighted by molar-refractivity contribution is -0.150. The van der Waals surface area contributed by atoms with Crippen molar-refractivity contribution in [2.75, 3.05) is 32.8 Å². The highest BCUT2D eigenvalue weighted by Crippen LogP contribution is 2.16. The lowest BCUT2D eigenvalue weighted by Gasteiger charge is -2.36. The van der Waals surface area contributed by atoms with Crippen LogP contribution in [0.2, 0.25) is 0 Å². The maximum atomic E-state index is 11.8. The highest BCUT2D eigenvalue weighted by atomic mass is 16.5. The zero-order valence-corrected chi connectivity index (χ0v) is 12.5. The van der Waals surface area contributed by atoms with E-state index in [2.05, 4.69) is 11.8 Å². The predicted octanol–water partition coefficient (Wildman–Crippen LogP) is 1.16. The fourth-order valence-electron chi connectivity index (χ4n) is 2.40. The Bertz CT molecular complexity index is 282. The van der Waals surface area contributed by atoms with E-state index in [4.69, 9.17) is 15.2 Å². The fraction of sp³-hybridized carbons (Fsp3) is 0.929. The minimum Gasteiger partial charge on any atom is -0.465 e. The van der Waals surface area contributed by atoms with Crippen LogP contribution < -0.4 is 5.73 Å². The Hall–Kier alpha value is -0.650. The molecule has 1 aliphatic rings. The molecule has 0 aromatic rings. The molecule has 112 valence electrons. The maximum Gasteiger partial charge on any atom is 0.327 e. The van der Waals surface area contributed by atoms with Gasteiger partial charge < -0.3 is 15.2 Å². The molecule has 0 radical (unpaired) electrons. The van der Waals surface area contributed by atoms with Gasteiger partial charge in [-0.3, -0.25) is 9.69 Å². The van der Waals surface area contributed by atoms with Gasteiger partial charge in [0.25, 0.3) is 0 Å². The number of nitrogens with two attached hydrogens (primary N) is 1. The van der Waals surface area contributed by atoms with Crippen LogP contribution in [0.1, 0.15) is 40.0 Å². The largest absolute Gasteiger partial charge is 0.465 e. The maximum absolute atomic E-state index is 11.8. The van der Waals surface area contributed by atoms with E-state index in [0.29, 0.717) is 13.2 Å². The van der Waals surface area contributed by atoms with Crippen LogP contribution in [0.25, 0.3) is 0 Å². The van der Waals surface area contributed by atoms with Crippen molar-refractivity contribution in [3.8, 4) is 0 Å². The summed E-state index contributed by atoms with van der Waals surface area (Å²) >= 11 is 0. The first-order valence-electron chi connectivity index (χ1n) is 7.29. The molecule has 1 heterocycles. The Morgan fingerprint density at radius 1 is 1.47 bits per heavy atom. The highest BCUT2D eigenvalue weighted by Gasteiger charge is 2.34. The SMILES string of the molecule is CCCOC1CCCN(CC(C)(N)C(=O)OCC)C1.